The Morgan fingerprint density at radius 1 is 1.33 bits per heavy atom. The molecule has 1 fully saturated rings. The van der Waals surface area contributed by atoms with Crippen molar-refractivity contribution < 1.29 is 9.53 Å². The Morgan fingerprint density at radius 3 is 2.81 bits per heavy atom. The molecule has 2 aromatic rings. The molecular weight excluding hydrogens is 288 g/mol. The molecule has 0 N–H and O–H groups in total. The molecule has 0 aromatic carbocycles. The summed E-state index contributed by atoms with van der Waals surface area (Å²) < 4.78 is 5.14. The minimum atomic E-state index is -0.297. The number of thiophene rings is 1. The van der Waals surface area contributed by atoms with Crippen LogP contribution < -0.4 is 4.90 Å². The number of carbonyl (C=O) groups is 1. The lowest BCUT2D eigenvalue weighted by Crippen LogP contribution is -2.44. The van der Waals surface area contributed by atoms with E-state index in [-0.39, 0.29) is 5.97 Å². The Labute approximate surface area is 127 Å². The lowest BCUT2D eigenvalue weighted by atomic mass is 10.2. The van der Waals surface area contributed by atoms with Crippen LogP contribution in [0.15, 0.2) is 11.7 Å². The van der Waals surface area contributed by atoms with Gasteiger partial charge in [0.15, 0.2) is 0 Å². The van der Waals surface area contributed by atoms with Crippen molar-refractivity contribution in [1.29, 1.82) is 0 Å². The summed E-state index contributed by atoms with van der Waals surface area (Å²) in [6.45, 7) is 5.97. The molecule has 0 unspecified atom stereocenters. The number of fused-ring (bicyclic) bond motifs is 1. The highest BCUT2D eigenvalue weighted by Gasteiger charge is 2.23. The van der Waals surface area contributed by atoms with Gasteiger partial charge in [0, 0.05) is 31.6 Å². The number of carbonyl (C=O) groups excluding carboxylic acids is 1. The first kappa shape index (κ1) is 14.2. The Morgan fingerprint density at radius 2 is 2.10 bits per heavy atom. The van der Waals surface area contributed by atoms with Crippen molar-refractivity contribution in [2.75, 3.05) is 44.7 Å². The molecule has 1 aliphatic rings. The fourth-order valence-electron chi connectivity index (χ4n) is 2.48. The molecule has 112 valence electrons. The van der Waals surface area contributed by atoms with Crippen LogP contribution in [0.25, 0.3) is 10.2 Å². The van der Waals surface area contributed by atoms with Gasteiger partial charge in [0.1, 0.15) is 17.0 Å². The molecular formula is C14H18N4O2S. The van der Waals surface area contributed by atoms with Gasteiger partial charge < -0.3 is 14.5 Å². The quantitative estimate of drug-likeness (QED) is 0.803. The van der Waals surface area contributed by atoms with E-state index in [9.17, 15) is 4.79 Å². The molecule has 1 saturated heterocycles. The van der Waals surface area contributed by atoms with Crippen molar-refractivity contribution in [1.82, 2.24) is 14.9 Å². The predicted molar refractivity (Wildman–Crippen MR) is 83.1 cm³/mol. The molecule has 2 aromatic heterocycles. The van der Waals surface area contributed by atoms with Crippen LogP contribution in [0.5, 0.6) is 0 Å². The van der Waals surface area contributed by atoms with Gasteiger partial charge in [-0.05, 0) is 14.0 Å². The fraction of sp³-hybridized carbons (Fsp3) is 0.500. The number of piperazine rings is 1. The summed E-state index contributed by atoms with van der Waals surface area (Å²) >= 11 is 1.46. The molecule has 0 saturated carbocycles. The van der Waals surface area contributed by atoms with E-state index < -0.39 is 0 Å². The number of likely N-dealkylation sites (N-methyl/N-ethyl adjacent to an activating group) is 1. The van der Waals surface area contributed by atoms with E-state index in [2.05, 4.69) is 26.8 Å². The number of rotatable bonds is 3. The van der Waals surface area contributed by atoms with Crippen molar-refractivity contribution in [3.8, 4) is 0 Å². The zero-order chi connectivity index (χ0) is 14.8. The van der Waals surface area contributed by atoms with Crippen LogP contribution in [-0.2, 0) is 4.74 Å². The molecule has 1 aliphatic heterocycles. The highest BCUT2D eigenvalue weighted by molar-refractivity contribution is 7.17. The third-order valence-electron chi connectivity index (χ3n) is 3.65. The predicted octanol–water partition coefficient (Wildman–Crippen LogP) is 1.62. The average Bonchev–Trinajstić information content (AvgIpc) is 2.92. The number of hydrogen-bond donors (Lipinski definition) is 0. The molecule has 7 heteroatoms. The van der Waals surface area contributed by atoms with Crippen LogP contribution in [0.2, 0.25) is 0 Å². The first-order valence-corrected chi connectivity index (χ1v) is 7.91. The summed E-state index contributed by atoms with van der Waals surface area (Å²) in [4.78, 5) is 26.2. The smallest absolute Gasteiger partial charge is 0.339 e. The van der Waals surface area contributed by atoms with Crippen LogP contribution in [0.3, 0.4) is 0 Å². The highest BCUT2D eigenvalue weighted by Crippen LogP contribution is 2.32. The van der Waals surface area contributed by atoms with Crippen LogP contribution in [0.4, 0.5) is 5.82 Å². The van der Waals surface area contributed by atoms with Crippen molar-refractivity contribution in [3.63, 3.8) is 0 Å². The third kappa shape index (κ3) is 2.71. The zero-order valence-corrected chi connectivity index (χ0v) is 13.0. The Kier molecular flexibility index (Phi) is 4.03. The maximum Gasteiger partial charge on any atom is 0.339 e. The molecule has 0 atom stereocenters. The summed E-state index contributed by atoms with van der Waals surface area (Å²) in [5.74, 6) is 0.548. The summed E-state index contributed by atoms with van der Waals surface area (Å²) in [7, 11) is 2.11. The molecule has 0 bridgehead atoms. The average molecular weight is 306 g/mol. The first-order valence-electron chi connectivity index (χ1n) is 7.03. The van der Waals surface area contributed by atoms with E-state index in [0.717, 1.165) is 42.2 Å². The lowest BCUT2D eigenvalue weighted by molar-refractivity contribution is 0.0529. The lowest BCUT2D eigenvalue weighted by Gasteiger charge is -2.33. The minimum absolute atomic E-state index is 0.297. The Balaban J connectivity index is 2.02. The third-order valence-corrected chi connectivity index (χ3v) is 4.53. The first-order chi connectivity index (χ1) is 10.2. The van der Waals surface area contributed by atoms with Gasteiger partial charge in [-0.15, -0.1) is 11.3 Å². The van der Waals surface area contributed by atoms with Gasteiger partial charge in [-0.1, -0.05) is 0 Å². The summed E-state index contributed by atoms with van der Waals surface area (Å²) in [6, 6.07) is 0. The maximum absolute atomic E-state index is 12.1. The number of esters is 1. The molecule has 0 amide bonds. The Hall–Kier alpha value is -1.73. The van der Waals surface area contributed by atoms with Crippen LogP contribution in [0.1, 0.15) is 17.3 Å². The molecule has 3 heterocycles. The van der Waals surface area contributed by atoms with E-state index in [1.165, 1.54) is 11.3 Å². The van der Waals surface area contributed by atoms with Gasteiger partial charge in [-0.3, -0.25) is 0 Å². The van der Waals surface area contributed by atoms with Gasteiger partial charge in [0.25, 0.3) is 0 Å². The molecule has 6 nitrogen and oxygen atoms in total. The number of aromatic nitrogens is 2. The van der Waals surface area contributed by atoms with E-state index in [1.807, 2.05) is 12.3 Å². The largest absolute Gasteiger partial charge is 0.462 e. The Bertz CT molecular complexity index is 649. The number of hydrogen-bond acceptors (Lipinski definition) is 7. The molecule has 0 spiro atoms. The zero-order valence-electron chi connectivity index (χ0n) is 12.2. The van der Waals surface area contributed by atoms with E-state index in [4.69, 9.17) is 4.74 Å². The molecule has 0 radical (unpaired) electrons. The second-order valence-electron chi connectivity index (χ2n) is 5.04. The van der Waals surface area contributed by atoms with E-state index in [1.54, 1.807) is 6.33 Å². The van der Waals surface area contributed by atoms with E-state index >= 15 is 0 Å². The van der Waals surface area contributed by atoms with Gasteiger partial charge in [-0.2, -0.15) is 0 Å². The second kappa shape index (κ2) is 5.95. The van der Waals surface area contributed by atoms with Gasteiger partial charge in [0.05, 0.1) is 17.6 Å². The number of ether oxygens (including phenoxy) is 1. The minimum Gasteiger partial charge on any atom is -0.462 e. The SMILES string of the molecule is CCOC(=O)c1csc2ncnc(N3CCN(C)CC3)c12. The fourth-order valence-corrected chi connectivity index (χ4v) is 3.35. The van der Waals surface area contributed by atoms with Gasteiger partial charge >= 0.3 is 5.97 Å². The monoisotopic (exact) mass is 306 g/mol. The summed E-state index contributed by atoms with van der Waals surface area (Å²) in [5.41, 5.74) is 0.575. The second-order valence-corrected chi connectivity index (χ2v) is 5.90. The summed E-state index contributed by atoms with van der Waals surface area (Å²) in [6.07, 6.45) is 1.57. The van der Waals surface area contributed by atoms with Crippen LogP contribution in [-0.4, -0.2) is 60.7 Å². The molecule has 0 aliphatic carbocycles. The van der Waals surface area contributed by atoms with Crippen molar-refractivity contribution in [2.45, 2.75) is 6.92 Å². The van der Waals surface area contributed by atoms with Gasteiger partial charge in [0.2, 0.25) is 0 Å². The molecule has 3 rings (SSSR count). The number of anilines is 1. The number of nitrogens with zero attached hydrogens (tertiary/aromatic N) is 4. The van der Waals surface area contributed by atoms with E-state index in [0.29, 0.717) is 12.2 Å². The highest BCUT2D eigenvalue weighted by atomic mass is 32.1. The van der Waals surface area contributed by atoms with Crippen LogP contribution >= 0.6 is 11.3 Å². The summed E-state index contributed by atoms with van der Waals surface area (Å²) in [5, 5.41) is 2.64. The van der Waals surface area contributed by atoms with Crippen molar-refractivity contribution in [3.05, 3.63) is 17.3 Å². The van der Waals surface area contributed by atoms with Crippen molar-refractivity contribution >= 4 is 33.3 Å². The molecule has 21 heavy (non-hydrogen) atoms. The normalized spacial score (nSPS) is 16.4. The topological polar surface area (TPSA) is 58.6 Å². The van der Waals surface area contributed by atoms with Crippen molar-refractivity contribution in [2.24, 2.45) is 0 Å². The standard InChI is InChI=1S/C14H18N4O2S/c1-3-20-14(19)10-8-21-13-11(10)12(15-9-16-13)18-6-4-17(2)5-7-18/h8-9H,3-7H2,1-2H3. The van der Waals surface area contributed by atoms with Gasteiger partial charge in [-0.25, -0.2) is 14.8 Å². The maximum atomic E-state index is 12.1. The van der Waals surface area contributed by atoms with Crippen LogP contribution in [0, 0.1) is 0 Å².